The Morgan fingerprint density at radius 2 is 1.88 bits per heavy atom. The second kappa shape index (κ2) is 7.86. The number of thiophene rings is 1. The number of rotatable bonds is 8. The third-order valence-corrected chi connectivity index (χ3v) is 4.07. The Bertz CT molecular complexity index is 250. The van der Waals surface area contributed by atoms with Crippen LogP contribution < -0.4 is 0 Å². The first-order chi connectivity index (χ1) is 7.77. The van der Waals surface area contributed by atoms with Gasteiger partial charge in [0.2, 0.25) is 0 Å². The average molecular weight is 240 g/mol. The molecule has 0 saturated carbocycles. The van der Waals surface area contributed by atoms with Crippen molar-refractivity contribution in [3.8, 4) is 0 Å². The van der Waals surface area contributed by atoms with Gasteiger partial charge in [0.05, 0.1) is 6.10 Å². The third kappa shape index (κ3) is 4.67. The lowest BCUT2D eigenvalue weighted by atomic mass is 9.90. The van der Waals surface area contributed by atoms with Gasteiger partial charge in [-0.25, -0.2) is 0 Å². The van der Waals surface area contributed by atoms with Gasteiger partial charge < -0.3 is 5.11 Å². The molecule has 0 aliphatic heterocycles. The van der Waals surface area contributed by atoms with Crippen molar-refractivity contribution in [3.05, 3.63) is 22.4 Å². The highest BCUT2D eigenvalue weighted by atomic mass is 32.1. The molecule has 1 aromatic rings. The topological polar surface area (TPSA) is 20.2 Å². The molecule has 1 rings (SSSR count). The van der Waals surface area contributed by atoms with E-state index in [0.29, 0.717) is 5.92 Å². The van der Waals surface area contributed by atoms with Crippen LogP contribution >= 0.6 is 11.3 Å². The summed E-state index contributed by atoms with van der Waals surface area (Å²) in [6.07, 6.45) is 6.54. The van der Waals surface area contributed by atoms with E-state index in [1.807, 2.05) is 0 Å². The highest BCUT2D eigenvalue weighted by Crippen LogP contribution is 2.22. The lowest BCUT2D eigenvalue weighted by Gasteiger charge is -2.21. The lowest BCUT2D eigenvalue weighted by molar-refractivity contribution is 0.0884. The summed E-state index contributed by atoms with van der Waals surface area (Å²) in [7, 11) is 0. The van der Waals surface area contributed by atoms with E-state index in [0.717, 1.165) is 12.8 Å². The van der Waals surface area contributed by atoms with Crippen LogP contribution in [0, 0.1) is 5.92 Å². The summed E-state index contributed by atoms with van der Waals surface area (Å²) in [5, 5.41) is 12.3. The Hall–Kier alpha value is -0.340. The average Bonchev–Trinajstić information content (AvgIpc) is 2.78. The van der Waals surface area contributed by atoms with Crippen LogP contribution in [0.1, 0.15) is 50.8 Å². The van der Waals surface area contributed by atoms with Crippen molar-refractivity contribution >= 4 is 11.3 Å². The van der Waals surface area contributed by atoms with E-state index in [4.69, 9.17) is 0 Å². The Labute approximate surface area is 104 Å². The van der Waals surface area contributed by atoms with Gasteiger partial charge in [-0.15, -0.1) is 11.3 Å². The molecule has 1 heterocycles. The van der Waals surface area contributed by atoms with E-state index in [2.05, 4.69) is 31.4 Å². The van der Waals surface area contributed by atoms with Gasteiger partial charge in [-0.1, -0.05) is 32.8 Å². The molecule has 1 nitrogen and oxygen atoms in total. The molecule has 1 unspecified atom stereocenters. The van der Waals surface area contributed by atoms with E-state index in [1.165, 1.54) is 30.6 Å². The summed E-state index contributed by atoms with van der Waals surface area (Å²) in [6.45, 7) is 4.41. The minimum atomic E-state index is -0.109. The molecule has 0 aliphatic rings. The zero-order valence-electron chi connectivity index (χ0n) is 10.5. The first-order valence-electron chi connectivity index (χ1n) is 6.48. The fourth-order valence-corrected chi connectivity index (χ4v) is 2.98. The second-order valence-corrected chi connectivity index (χ2v) is 5.56. The highest BCUT2D eigenvalue weighted by molar-refractivity contribution is 7.09. The smallest absolute Gasteiger partial charge is 0.0571 e. The molecule has 1 aromatic heterocycles. The van der Waals surface area contributed by atoms with E-state index in [-0.39, 0.29) is 6.10 Å². The molecule has 0 spiro atoms. The minimum absolute atomic E-state index is 0.109. The van der Waals surface area contributed by atoms with Gasteiger partial charge in [-0.3, -0.25) is 0 Å². The second-order valence-electron chi connectivity index (χ2n) is 4.52. The van der Waals surface area contributed by atoms with E-state index in [1.54, 1.807) is 11.3 Å². The van der Waals surface area contributed by atoms with Gasteiger partial charge in [0, 0.05) is 4.88 Å². The number of aryl methyl sites for hydroxylation is 1. The van der Waals surface area contributed by atoms with Crippen LogP contribution in [0.15, 0.2) is 17.5 Å². The molecule has 1 atom stereocenters. The summed E-state index contributed by atoms with van der Waals surface area (Å²) in [4.78, 5) is 1.39. The fraction of sp³-hybridized carbons (Fsp3) is 0.714. The molecular formula is C14H24OS. The maximum Gasteiger partial charge on any atom is 0.0571 e. The Balaban J connectivity index is 2.33. The molecule has 0 radical (unpaired) electrons. The summed E-state index contributed by atoms with van der Waals surface area (Å²) in [5.41, 5.74) is 0. The van der Waals surface area contributed by atoms with Crippen LogP contribution in [0.3, 0.4) is 0 Å². The molecule has 0 bridgehead atoms. The standard InChI is InChI=1S/C14H24OS/c1-3-6-12(7-4-2)14(15)10-9-13-8-5-11-16-13/h5,8,11-12,14-15H,3-4,6-7,9-10H2,1-2H3. The van der Waals surface area contributed by atoms with Crippen molar-refractivity contribution < 1.29 is 5.11 Å². The number of aliphatic hydroxyl groups excluding tert-OH is 1. The largest absolute Gasteiger partial charge is 0.393 e. The normalized spacial score (nSPS) is 13.2. The van der Waals surface area contributed by atoms with Crippen molar-refractivity contribution in [2.75, 3.05) is 0 Å². The van der Waals surface area contributed by atoms with Crippen LogP contribution in [0.25, 0.3) is 0 Å². The Morgan fingerprint density at radius 1 is 1.19 bits per heavy atom. The predicted octanol–water partition coefficient (Wildman–Crippen LogP) is 4.26. The van der Waals surface area contributed by atoms with E-state index in [9.17, 15) is 5.11 Å². The van der Waals surface area contributed by atoms with Crippen LogP contribution in [0.5, 0.6) is 0 Å². The summed E-state index contributed by atoms with van der Waals surface area (Å²) in [6, 6.07) is 4.24. The lowest BCUT2D eigenvalue weighted by Crippen LogP contribution is -2.20. The van der Waals surface area contributed by atoms with Crippen LogP contribution in [-0.4, -0.2) is 11.2 Å². The number of hydrogen-bond acceptors (Lipinski definition) is 2. The van der Waals surface area contributed by atoms with Crippen LogP contribution in [-0.2, 0) is 6.42 Å². The highest BCUT2D eigenvalue weighted by Gasteiger charge is 2.17. The summed E-state index contributed by atoms with van der Waals surface area (Å²) >= 11 is 1.79. The van der Waals surface area contributed by atoms with Crippen molar-refractivity contribution in [1.82, 2.24) is 0 Å². The Morgan fingerprint density at radius 3 is 2.38 bits per heavy atom. The zero-order chi connectivity index (χ0) is 11.8. The van der Waals surface area contributed by atoms with Crippen molar-refractivity contribution in [1.29, 1.82) is 0 Å². The fourth-order valence-electron chi connectivity index (χ4n) is 2.25. The molecular weight excluding hydrogens is 216 g/mol. The van der Waals surface area contributed by atoms with Gasteiger partial charge in [0.1, 0.15) is 0 Å². The summed E-state index contributed by atoms with van der Waals surface area (Å²) in [5.74, 6) is 0.509. The maximum atomic E-state index is 10.2. The third-order valence-electron chi connectivity index (χ3n) is 3.13. The monoisotopic (exact) mass is 240 g/mol. The molecule has 92 valence electrons. The van der Waals surface area contributed by atoms with Crippen LogP contribution in [0.2, 0.25) is 0 Å². The van der Waals surface area contributed by atoms with Crippen molar-refractivity contribution in [2.45, 2.75) is 58.5 Å². The molecule has 2 heteroatoms. The van der Waals surface area contributed by atoms with E-state index < -0.39 is 0 Å². The van der Waals surface area contributed by atoms with Crippen molar-refractivity contribution in [3.63, 3.8) is 0 Å². The molecule has 1 N–H and O–H groups in total. The van der Waals surface area contributed by atoms with Crippen molar-refractivity contribution in [2.24, 2.45) is 5.92 Å². The van der Waals surface area contributed by atoms with Gasteiger partial charge in [0.25, 0.3) is 0 Å². The minimum Gasteiger partial charge on any atom is -0.393 e. The zero-order valence-corrected chi connectivity index (χ0v) is 11.3. The first kappa shape index (κ1) is 13.7. The molecule has 0 aromatic carbocycles. The van der Waals surface area contributed by atoms with Gasteiger partial charge in [-0.05, 0) is 43.0 Å². The van der Waals surface area contributed by atoms with Crippen LogP contribution in [0.4, 0.5) is 0 Å². The quantitative estimate of drug-likeness (QED) is 0.720. The predicted molar refractivity (Wildman–Crippen MR) is 72.0 cm³/mol. The molecule has 0 fully saturated rings. The summed E-state index contributed by atoms with van der Waals surface area (Å²) < 4.78 is 0. The molecule has 0 saturated heterocycles. The van der Waals surface area contributed by atoms with Gasteiger partial charge >= 0.3 is 0 Å². The first-order valence-corrected chi connectivity index (χ1v) is 7.36. The molecule has 0 aliphatic carbocycles. The number of aliphatic hydroxyl groups is 1. The van der Waals surface area contributed by atoms with Gasteiger partial charge in [0.15, 0.2) is 0 Å². The van der Waals surface area contributed by atoms with E-state index >= 15 is 0 Å². The van der Waals surface area contributed by atoms with Gasteiger partial charge in [-0.2, -0.15) is 0 Å². The molecule has 16 heavy (non-hydrogen) atoms. The Kier molecular flexibility index (Phi) is 6.74. The number of hydrogen-bond donors (Lipinski definition) is 1. The molecule has 0 amide bonds. The SMILES string of the molecule is CCCC(CCC)C(O)CCc1cccs1. The maximum absolute atomic E-state index is 10.2.